The molecule has 2 N–H and O–H groups in total. The first-order valence-corrected chi connectivity index (χ1v) is 5.53. The van der Waals surface area contributed by atoms with E-state index < -0.39 is 6.10 Å². The van der Waals surface area contributed by atoms with E-state index in [-0.39, 0.29) is 5.91 Å². The first-order chi connectivity index (χ1) is 7.50. The summed E-state index contributed by atoms with van der Waals surface area (Å²) < 4.78 is 0. The van der Waals surface area contributed by atoms with Gasteiger partial charge in [0.15, 0.2) is 6.10 Å². The number of aliphatic hydroxyl groups excluding tert-OH is 1. The molecular formula is C13H19NO2. The summed E-state index contributed by atoms with van der Waals surface area (Å²) in [6, 6.07) is 7.31. The Morgan fingerprint density at radius 2 is 1.88 bits per heavy atom. The molecule has 0 bridgehead atoms. The van der Waals surface area contributed by atoms with Crippen molar-refractivity contribution in [2.24, 2.45) is 5.92 Å². The molecule has 0 radical (unpaired) electrons. The molecular weight excluding hydrogens is 202 g/mol. The molecule has 0 aliphatic heterocycles. The van der Waals surface area contributed by atoms with Gasteiger partial charge in [-0.3, -0.25) is 4.79 Å². The zero-order valence-electron chi connectivity index (χ0n) is 10.0. The van der Waals surface area contributed by atoms with Crippen molar-refractivity contribution in [2.75, 3.05) is 6.54 Å². The molecule has 0 aliphatic rings. The van der Waals surface area contributed by atoms with Crippen molar-refractivity contribution < 1.29 is 9.90 Å². The Balaban J connectivity index is 2.59. The van der Waals surface area contributed by atoms with Gasteiger partial charge in [0.2, 0.25) is 0 Å². The summed E-state index contributed by atoms with van der Waals surface area (Å²) in [6.45, 7) is 6.58. The van der Waals surface area contributed by atoms with Crippen LogP contribution in [0.25, 0.3) is 0 Å². The largest absolute Gasteiger partial charge is 0.378 e. The monoisotopic (exact) mass is 221 g/mol. The maximum Gasteiger partial charge on any atom is 0.253 e. The molecule has 0 saturated heterocycles. The topological polar surface area (TPSA) is 49.3 Å². The predicted molar refractivity (Wildman–Crippen MR) is 64.0 cm³/mol. The molecule has 3 heteroatoms. The highest BCUT2D eigenvalue weighted by Gasteiger charge is 2.16. The van der Waals surface area contributed by atoms with E-state index in [1.807, 2.05) is 32.9 Å². The van der Waals surface area contributed by atoms with E-state index in [9.17, 15) is 9.90 Å². The lowest BCUT2D eigenvalue weighted by Gasteiger charge is -2.13. The van der Waals surface area contributed by atoms with Crippen molar-refractivity contribution in [3.05, 3.63) is 35.4 Å². The fourth-order valence-corrected chi connectivity index (χ4v) is 1.30. The number of amides is 1. The molecule has 1 rings (SSSR count). The highest BCUT2D eigenvalue weighted by atomic mass is 16.3. The van der Waals surface area contributed by atoms with E-state index in [2.05, 4.69) is 5.32 Å². The van der Waals surface area contributed by atoms with Crippen LogP contribution in [-0.4, -0.2) is 17.6 Å². The lowest BCUT2D eigenvalue weighted by molar-refractivity contribution is -0.129. The van der Waals surface area contributed by atoms with E-state index in [1.165, 1.54) is 0 Å². The molecule has 0 spiro atoms. The third kappa shape index (κ3) is 3.66. The van der Waals surface area contributed by atoms with Crippen LogP contribution < -0.4 is 5.32 Å². The highest BCUT2D eigenvalue weighted by molar-refractivity contribution is 5.81. The average molecular weight is 221 g/mol. The van der Waals surface area contributed by atoms with Gasteiger partial charge in [-0.25, -0.2) is 0 Å². The molecule has 16 heavy (non-hydrogen) atoms. The van der Waals surface area contributed by atoms with Crippen molar-refractivity contribution in [1.29, 1.82) is 0 Å². The molecule has 0 aliphatic carbocycles. The van der Waals surface area contributed by atoms with Crippen molar-refractivity contribution in [3.8, 4) is 0 Å². The number of carbonyl (C=O) groups is 1. The number of benzene rings is 1. The summed E-state index contributed by atoms with van der Waals surface area (Å²) in [4.78, 5) is 11.6. The number of nitrogens with one attached hydrogen (secondary N) is 1. The van der Waals surface area contributed by atoms with Crippen LogP contribution in [0.1, 0.15) is 31.1 Å². The predicted octanol–water partition coefficient (Wildman–Crippen LogP) is 1.80. The second-order valence-corrected chi connectivity index (χ2v) is 4.45. The molecule has 3 nitrogen and oxygen atoms in total. The van der Waals surface area contributed by atoms with E-state index in [1.54, 1.807) is 12.1 Å². The molecule has 0 fully saturated rings. The smallest absolute Gasteiger partial charge is 0.253 e. The molecule has 0 heterocycles. The number of hydrogen-bond donors (Lipinski definition) is 2. The molecule has 0 aromatic heterocycles. The van der Waals surface area contributed by atoms with Gasteiger partial charge in [0.1, 0.15) is 0 Å². The number of aryl methyl sites for hydroxylation is 1. The summed E-state index contributed by atoms with van der Waals surface area (Å²) in [5.41, 5.74) is 1.74. The normalized spacial score (nSPS) is 12.6. The number of aliphatic hydroxyl groups is 1. The van der Waals surface area contributed by atoms with Gasteiger partial charge in [-0.05, 0) is 18.4 Å². The van der Waals surface area contributed by atoms with Crippen molar-refractivity contribution >= 4 is 5.91 Å². The zero-order chi connectivity index (χ0) is 12.1. The van der Waals surface area contributed by atoms with Crippen molar-refractivity contribution in [1.82, 2.24) is 5.32 Å². The molecule has 0 saturated carbocycles. The maximum absolute atomic E-state index is 11.6. The molecule has 1 aromatic rings. The van der Waals surface area contributed by atoms with Gasteiger partial charge in [-0.2, -0.15) is 0 Å². The molecule has 1 aromatic carbocycles. The zero-order valence-corrected chi connectivity index (χ0v) is 10.0. The van der Waals surface area contributed by atoms with Gasteiger partial charge < -0.3 is 10.4 Å². The van der Waals surface area contributed by atoms with E-state index in [4.69, 9.17) is 0 Å². The Bertz CT molecular complexity index is 343. The number of hydrogen-bond acceptors (Lipinski definition) is 2. The minimum absolute atomic E-state index is 0.336. The van der Waals surface area contributed by atoms with Crippen LogP contribution in [0.15, 0.2) is 24.3 Å². The molecule has 1 amide bonds. The molecule has 1 unspecified atom stereocenters. The standard InChI is InChI=1S/C13H19NO2/c1-9(2)8-14-13(16)12(15)11-6-4-10(3)5-7-11/h4-7,9,12,15H,8H2,1-3H3,(H,14,16). The van der Waals surface area contributed by atoms with Crippen LogP contribution in [0.5, 0.6) is 0 Å². The van der Waals surface area contributed by atoms with Gasteiger partial charge in [0.05, 0.1) is 0 Å². The van der Waals surface area contributed by atoms with Crippen molar-refractivity contribution in [3.63, 3.8) is 0 Å². The minimum atomic E-state index is -1.07. The fraction of sp³-hybridized carbons (Fsp3) is 0.462. The summed E-state index contributed by atoms with van der Waals surface area (Å²) >= 11 is 0. The van der Waals surface area contributed by atoms with E-state index >= 15 is 0 Å². The minimum Gasteiger partial charge on any atom is -0.378 e. The second-order valence-electron chi connectivity index (χ2n) is 4.45. The first kappa shape index (κ1) is 12.7. The van der Waals surface area contributed by atoms with Crippen molar-refractivity contribution in [2.45, 2.75) is 26.9 Å². The van der Waals surface area contributed by atoms with Crippen LogP contribution in [0.3, 0.4) is 0 Å². The number of carbonyl (C=O) groups excluding carboxylic acids is 1. The van der Waals surface area contributed by atoms with Gasteiger partial charge in [0, 0.05) is 6.54 Å². The molecule has 1 atom stereocenters. The summed E-state index contributed by atoms with van der Waals surface area (Å²) in [5, 5.41) is 12.5. The lowest BCUT2D eigenvalue weighted by Crippen LogP contribution is -2.32. The van der Waals surface area contributed by atoms with Crippen LogP contribution in [0.4, 0.5) is 0 Å². The third-order valence-electron chi connectivity index (χ3n) is 2.33. The Morgan fingerprint density at radius 1 is 1.31 bits per heavy atom. The van der Waals surface area contributed by atoms with E-state index in [0.29, 0.717) is 18.0 Å². The lowest BCUT2D eigenvalue weighted by atomic mass is 10.1. The summed E-state index contributed by atoms with van der Waals surface area (Å²) in [6.07, 6.45) is -1.07. The second kappa shape index (κ2) is 5.66. The summed E-state index contributed by atoms with van der Waals surface area (Å²) in [5.74, 6) is 0.0479. The quantitative estimate of drug-likeness (QED) is 0.814. The van der Waals surface area contributed by atoms with Gasteiger partial charge in [-0.15, -0.1) is 0 Å². The fourth-order valence-electron chi connectivity index (χ4n) is 1.30. The Hall–Kier alpha value is -1.35. The Labute approximate surface area is 96.5 Å². The van der Waals surface area contributed by atoms with Crippen LogP contribution >= 0.6 is 0 Å². The molecule has 88 valence electrons. The Morgan fingerprint density at radius 3 is 2.38 bits per heavy atom. The van der Waals surface area contributed by atoms with Gasteiger partial charge in [-0.1, -0.05) is 43.7 Å². The maximum atomic E-state index is 11.6. The van der Waals surface area contributed by atoms with E-state index in [0.717, 1.165) is 5.56 Å². The number of rotatable bonds is 4. The highest BCUT2D eigenvalue weighted by Crippen LogP contribution is 2.13. The Kier molecular flexibility index (Phi) is 4.50. The first-order valence-electron chi connectivity index (χ1n) is 5.53. The van der Waals surface area contributed by atoms with Gasteiger partial charge >= 0.3 is 0 Å². The third-order valence-corrected chi connectivity index (χ3v) is 2.33. The van der Waals surface area contributed by atoms with Crippen LogP contribution in [0.2, 0.25) is 0 Å². The summed E-state index contributed by atoms with van der Waals surface area (Å²) in [7, 11) is 0. The van der Waals surface area contributed by atoms with Crippen LogP contribution in [0, 0.1) is 12.8 Å². The van der Waals surface area contributed by atoms with Gasteiger partial charge in [0.25, 0.3) is 5.91 Å². The van der Waals surface area contributed by atoms with Crippen LogP contribution in [-0.2, 0) is 4.79 Å². The SMILES string of the molecule is Cc1ccc(C(O)C(=O)NCC(C)C)cc1. The average Bonchev–Trinajstić information content (AvgIpc) is 2.26.